The first-order chi connectivity index (χ1) is 8.66. The van der Waals surface area contributed by atoms with E-state index in [1.165, 1.54) is 5.56 Å². The van der Waals surface area contributed by atoms with Crippen LogP contribution in [-0.2, 0) is 6.42 Å². The fraction of sp³-hybridized carbons (Fsp3) is 0.500. The molecule has 0 saturated carbocycles. The normalized spacial score (nSPS) is 19.7. The van der Waals surface area contributed by atoms with Crippen molar-refractivity contribution in [2.45, 2.75) is 12.5 Å². The molecule has 2 rings (SSSR count). The zero-order valence-corrected chi connectivity index (χ0v) is 11.1. The van der Waals surface area contributed by atoms with Crippen LogP contribution in [0, 0.1) is 0 Å². The Morgan fingerprint density at radius 1 is 1.39 bits per heavy atom. The van der Waals surface area contributed by atoms with Crippen molar-refractivity contribution < 1.29 is 4.79 Å². The summed E-state index contributed by atoms with van der Waals surface area (Å²) in [5.74, 6) is 0. The Morgan fingerprint density at radius 3 is 2.78 bits per heavy atom. The van der Waals surface area contributed by atoms with E-state index in [9.17, 15) is 4.79 Å². The van der Waals surface area contributed by atoms with Gasteiger partial charge < -0.3 is 15.1 Å². The van der Waals surface area contributed by atoms with Crippen LogP contribution < -0.4 is 5.32 Å². The van der Waals surface area contributed by atoms with E-state index < -0.39 is 0 Å². The van der Waals surface area contributed by atoms with E-state index in [-0.39, 0.29) is 6.03 Å². The minimum Gasteiger partial charge on any atom is -0.331 e. The van der Waals surface area contributed by atoms with Crippen molar-refractivity contribution in [1.82, 2.24) is 15.1 Å². The van der Waals surface area contributed by atoms with Crippen LogP contribution >= 0.6 is 0 Å². The Morgan fingerprint density at radius 2 is 2.11 bits per heavy atom. The van der Waals surface area contributed by atoms with Crippen molar-refractivity contribution in [3.05, 3.63) is 35.9 Å². The zero-order valence-electron chi connectivity index (χ0n) is 11.1. The van der Waals surface area contributed by atoms with Crippen molar-refractivity contribution in [1.29, 1.82) is 0 Å². The lowest BCUT2D eigenvalue weighted by Crippen LogP contribution is -2.55. The Labute approximate surface area is 109 Å². The summed E-state index contributed by atoms with van der Waals surface area (Å²) < 4.78 is 0. The summed E-state index contributed by atoms with van der Waals surface area (Å²) in [6, 6.07) is 10.9. The van der Waals surface area contributed by atoms with E-state index in [4.69, 9.17) is 0 Å². The highest BCUT2D eigenvalue weighted by Gasteiger charge is 2.24. The second kappa shape index (κ2) is 5.87. The highest BCUT2D eigenvalue weighted by atomic mass is 16.2. The number of piperazine rings is 1. The first-order valence-corrected chi connectivity index (χ1v) is 6.40. The van der Waals surface area contributed by atoms with Crippen molar-refractivity contribution in [3.63, 3.8) is 0 Å². The summed E-state index contributed by atoms with van der Waals surface area (Å²) in [4.78, 5) is 15.5. The second-order valence-electron chi connectivity index (χ2n) is 4.96. The molecule has 1 unspecified atom stereocenters. The minimum absolute atomic E-state index is 0.106. The molecular weight excluding hydrogens is 226 g/mol. The minimum atomic E-state index is 0.106. The van der Waals surface area contributed by atoms with Crippen molar-refractivity contribution >= 4 is 6.03 Å². The summed E-state index contributed by atoms with van der Waals surface area (Å²) in [5.41, 5.74) is 1.31. The van der Waals surface area contributed by atoms with E-state index in [2.05, 4.69) is 29.6 Å². The predicted molar refractivity (Wildman–Crippen MR) is 72.6 cm³/mol. The van der Waals surface area contributed by atoms with Gasteiger partial charge in [0.15, 0.2) is 0 Å². The second-order valence-corrected chi connectivity index (χ2v) is 4.96. The zero-order chi connectivity index (χ0) is 13.0. The standard InChI is InChI=1S/C14H21N3O/c1-16(2)14(18)17-9-8-15-13(11-17)10-12-6-4-3-5-7-12/h3-7,13,15H,8-11H2,1-2H3. The maximum absolute atomic E-state index is 11.9. The average Bonchev–Trinajstić information content (AvgIpc) is 2.39. The molecule has 4 heteroatoms. The Kier molecular flexibility index (Phi) is 4.20. The van der Waals surface area contributed by atoms with Gasteiger partial charge >= 0.3 is 6.03 Å². The highest BCUT2D eigenvalue weighted by Crippen LogP contribution is 2.08. The molecule has 1 aromatic rings. The van der Waals surface area contributed by atoms with Crippen molar-refractivity contribution in [2.24, 2.45) is 0 Å². The summed E-state index contributed by atoms with van der Waals surface area (Å²) in [5, 5.41) is 3.48. The van der Waals surface area contributed by atoms with Crippen LogP contribution in [0.15, 0.2) is 30.3 Å². The molecule has 0 spiro atoms. The third-order valence-electron chi connectivity index (χ3n) is 3.23. The fourth-order valence-corrected chi connectivity index (χ4v) is 2.32. The summed E-state index contributed by atoms with van der Waals surface area (Å²) in [6.45, 7) is 2.45. The molecule has 2 amide bonds. The maximum atomic E-state index is 11.9. The molecule has 1 aromatic carbocycles. The highest BCUT2D eigenvalue weighted by molar-refractivity contribution is 5.74. The molecule has 98 valence electrons. The van der Waals surface area contributed by atoms with Crippen LogP contribution in [0.3, 0.4) is 0 Å². The van der Waals surface area contributed by atoms with Crippen molar-refractivity contribution in [3.8, 4) is 0 Å². The Hall–Kier alpha value is -1.55. The van der Waals surface area contributed by atoms with Crippen LogP contribution in [-0.4, -0.2) is 55.6 Å². The summed E-state index contributed by atoms with van der Waals surface area (Å²) in [7, 11) is 3.60. The third-order valence-corrected chi connectivity index (χ3v) is 3.23. The summed E-state index contributed by atoms with van der Waals surface area (Å²) >= 11 is 0. The molecule has 0 radical (unpaired) electrons. The lowest BCUT2D eigenvalue weighted by molar-refractivity contribution is 0.152. The number of carbonyl (C=O) groups excluding carboxylic acids is 1. The van der Waals surface area contributed by atoms with Gasteiger partial charge in [0.25, 0.3) is 0 Å². The lowest BCUT2D eigenvalue weighted by Gasteiger charge is -2.35. The maximum Gasteiger partial charge on any atom is 0.319 e. The third kappa shape index (κ3) is 3.23. The number of hydrogen-bond donors (Lipinski definition) is 1. The molecule has 1 aliphatic rings. The molecule has 0 aliphatic carbocycles. The number of benzene rings is 1. The molecule has 0 aromatic heterocycles. The van der Waals surface area contributed by atoms with Gasteiger partial charge in [-0.15, -0.1) is 0 Å². The fourth-order valence-electron chi connectivity index (χ4n) is 2.32. The average molecular weight is 247 g/mol. The largest absolute Gasteiger partial charge is 0.331 e. The van der Waals surface area contributed by atoms with Gasteiger partial charge in [-0.05, 0) is 12.0 Å². The van der Waals surface area contributed by atoms with Crippen LogP contribution in [0.5, 0.6) is 0 Å². The molecule has 1 aliphatic heterocycles. The summed E-state index contributed by atoms with van der Waals surface area (Å²) in [6.07, 6.45) is 0.970. The van der Waals surface area contributed by atoms with E-state index >= 15 is 0 Å². The molecule has 4 nitrogen and oxygen atoms in total. The first kappa shape index (κ1) is 12.9. The molecule has 1 N–H and O–H groups in total. The number of carbonyl (C=O) groups is 1. The number of nitrogens with zero attached hydrogens (tertiary/aromatic N) is 2. The van der Waals surface area contributed by atoms with Gasteiger partial charge in [0.05, 0.1) is 0 Å². The Bertz CT molecular complexity index is 391. The topological polar surface area (TPSA) is 35.6 Å². The van der Waals surface area contributed by atoms with Crippen LogP contribution in [0.4, 0.5) is 4.79 Å². The van der Waals surface area contributed by atoms with Crippen LogP contribution in [0.25, 0.3) is 0 Å². The molecule has 1 saturated heterocycles. The number of nitrogens with one attached hydrogen (secondary N) is 1. The van der Waals surface area contributed by atoms with Gasteiger partial charge in [0, 0.05) is 39.8 Å². The van der Waals surface area contributed by atoms with Gasteiger partial charge in [-0.25, -0.2) is 4.79 Å². The number of hydrogen-bond acceptors (Lipinski definition) is 2. The lowest BCUT2D eigenvalue weighted by atomic mass is 10.0. The van der Waals surface area contributed by atoms with E-state index in [0.29, 0.717) is 6.04 Å². The monoisotopic (exact) mass is 247 g/mol. The van der Waals surface area contributed by atoms with Gasteiger partial charge in [-0.3, -0.25) is 0 Å². The smallest absolute Gasteiger partial charge is 0.319 e. The molecule has 1 heterocycles. The molecule has 18 heavy (non-hydrogen) atoms. The number of rotatable bonds is 2. The molecule has 0 bridgehead atoms. The predicted octanol–water partition coefficient (Wildman–Crippen LogP) is 1.18. The van der Waals surface area contributed by atoms with Crippen molar-refractivity contribution in [2.75, 3.05) is 33.7 Å². The van der Waals surface area contributed by atoms with Gasteiger partial charge in [0.2, 0.25) is 0 Å². The molecule has 1 atom stereocenters. The first-order valence-electron chi connectivity index (χ1n) is 6.40. The van der Waals surface area contributed by atoms with E-state index in [1.807, 2.05) is 11.0 Å². The Balaban J connectivity index is 1.93. The quantitative estimate of drug-likeness (QED) is 0.852. The van der Waals surface area contributed by atoms with Crippen LogP contribution in [0.2, 0.25) is 0 Å². The van der Waals surface area contributed by atoms with E-state index in [1.54, 1.807) is 19.0 Å². The van der Waals surface area contributed by atoms with Gasteiger partial charge in [-0.1, -0.05) is 30.3 Å². The van der Waals surface area contributed by atoms with E-state index in [0.717, 1.165) is 26.1 Å². The molecular formula is C14H21N3O. The van der Waals surface area contributed by atoms with Crippen LogP contribution in [0.1, 0.15) is 5.56 Å². The SMILES string of the molecule is CN(C)C(=O)N1CCNC(Cc2ccccc2)C1. The van der Waals surface area contributed by atoms with Gasteiger partial charge in [0.1, 0.15) is 0 Å². The number of urea groups is 1. The number of amides is 2. The molecule has 1 fully saturated rings. The van der Waals surface area contributed by atoms with Gasteiger partial charge in [-0.2, -0.15) is 0 Å².